The van der Waals surface area contributed by atoms with Gasteiger partial charge in [-0.2, -0.15) is 5.10 Å². The van der Waals surface area contributed by atoms with Crippen molar-refractivity contribution in [3.05, 3.63) is 41.3 Å². The molecule has 1 heterocycles. The van der Waals surface area contributed by atoms with Crippen molar-refractivity contribution in [1.82, 2.24) is 9.78 Å². The van der Waals surface area contributed by atoms with Gasteiger partial charge in [-0.25, -0.2) is 4.39 Å². The van der Waals surface area contributed by atoms with Crippen LogP contribution in [0.4, 0.5) is 4.39 Å². The van der Waals surface area contributed by atoms with E-state index in [2.05, 4.69) is 25.1 Å². The molecule has 0 amide bonds. The third kappa shape index (κ3) is 2.61. The van der Waals surface area contributed by atoms with Crippen LogP contribution < -0.4 is 0 Å². The average molecular weight is 246 g/mol. The van der Waals surface area contributed by atoms with Crippen LogP contribution >= 0.6 is 0 Å². The van der Waals surface area contributed by atoms with Crippen LogP contribution in [0.2, 0.25) is 0 Å². The summed E-state index contributed by atoms with van der Waals surface area (Å²) in [5, 5.41) is 4.60. The molecule has 1 aromatic heterocycles. The molecule has 0 N–H and O–H groups in total. The predicted molar refractivity (Wildman–Crippen MR) is 71.9 cm³/mol. The zero-order valence-corrected chi connectivity index (χ0v) is 11.4. The van der Waals surface area contributed by atoms with Crippen LogP contribution in [0.25, 0.3) is 11.3 Å². The largest absolute Gasteiger partial charge is 0.272 e. The molecular weight excluding hydrogens is 227 g/mol. The lowest BCUT2D eigenvalue weighted by molar-refractivity contribution is 0.484. The lowest BCUT2D eigenvalue weighted by Gasteiger charge is -2.05. The van der Waals surface area contributed by atoms with Crippen LogP contribution in [-0.4, -0.2) is 9.78 Å². The summed E-state index contributed by atoms with van der Waals surface area (Å²) in [6.07, 6.45) is 2.05. The molecule has 0 saturated carbocycles. The molecule has 3 heteroatoms. The van der Waals surface area contributed by atoms with Crippen LogP contribution in [0.1, 0.15) is 25.0 Å². The number of hydrogen-bond donors (Lipinski definition) is 0. The Balaban J connectivity index is 2.41. The van der Waals surface area contributed by atoms with Crippen LogP contribution in [0.15, 0.2) is 24.4 Å². The molecule has 1 aromatic carbocycles. The Bertz CT molecular complexity index is 556. The number of aromatic nitrogens is 2. The highest BCUT2D eigenvalue weighted by Crippen LogP contribution is 2.25. The van der Waals surface area contributed by atoms with Gasteiger partial charge >= 0.3 is 0 Å². The summed E-state index contributed by atoms with van der Waals surface area (Å²) in [4.78, 5) is 0. The van der Waals surface area contributed by atoms with Crippen molar-refractivity contribution in [1.29, 1.82) is 0 Å². The molecule has 0 spiro atoms. The smallest absolute Gasteiger partial charge is 0.123 e. The van der Waals surface area contributed by atoms with E-state index in [-0.39, 0.29) is 5.82 Å². The Morgan fingerprint density at radius 1 is 1.22 bits per heavy atom. The van der Waals surface area contributed by atoms with E-state index in [1.54, 1.807) is 12.1 Å². The molecule has 0 unspecified atom stereocenters. The molecule has 0 aliphatic carbocycles. The molecule has 2 nitrogen and oxygen atoms in total. The molecule has 0 aliphatic rings. The van der Waals surface area contributed by atoms with Crippen molar-refractivity contribution in [3.63, 3.8) is 0 Å². The number of nitrogens with zero attached hydrogens (tertiary/aromatic N) is 2. The van der Waals surface area contributed by atoms with E-state index in [4.69, 9.17) is 0 Å². The summed E-state index contributed by atoms with van der Waals surface area (Å²) in [5.74, 6) is 0.363. The second-order valence-corrected chi connectivity index (χ2v) is 5.24. The maximum Gasteiger partial charge on any atom is 0.123 e. The fourth-order valence-corrected chi connectivity index (χ4v) is 2.15. The van der Waals surface area contributed by atoms with Crippen molar-refractivity contribution in [2.75, 3.05) is 0 Å². The average Bonchev–Trinajstić information content (AvgIpc) is 2.58. The first kappa shape index (κ1) is 12.8. The first-order chi connectivity index (χ1) is 8.47. The summed E-state index contributed by atoms with van der Waals surface area (Å²) in [5.41, 5.74) is 4.02. The van der Waals surface area contributed by atoms with Crippen molar-refractivity contribution in [2.24, 2.45) is 5.92 Å². The van der Waals surface area contributed by atoms with Crippen LogP contribution in [0.5, 0.6) is 0 Å². The fraction of sp³-hybridized carbons (Fsp3) is 0.400. The maximum atomic E-state index is 13.1. The first-order valence-corrected chi connectivity index (χ1v) is 6.28. The van der Waals surface area contributed by atoms with Gasteiger partial charge in [-0.05, 0) is 49.1 Å². The molecule has 0 bridgehead atoms. The highest BCUT2D eigenvalue weighted by atomic mass is 19.1. The van der Waals surface area contributed by atoms with Gasteiger partial charge in [0.1, 0.15) is 5.82 Å². The number of rotatable bonds is 3. The third-order valence-electron chi connectivity index (χ3n) is 2.94. The van der Waals surface area contributed by atoms with Gasteiger partial charge < -0.3 is 0 Å². The molecule has 0 atom stereocenters. The normalized spacial score (nSPS) is 11.2. The molecule has 0 aliphatic heterocycles. The minimum atomic E-state index is -0.199. The summed E-state index contributed by atoms with van der Waals surface area (Å²) >= 11 is 0. The zero-order chi connectivity index (χ0) is 13.3. The number of hydrogen-bond acceptors (Lipinski definition) is 1. The monoisotopic (exact) mass is 246 g/mol. The van der Waals surface area contributed by atoms with E-state index >= 15 is 0 Å². The van der Waals surface area contributed by atoms with E-state index < -0.39 is 0 Å². The van der Waals surface area contributed by atoms with Gasteiger partial charge in [0.05, 0.1) is 5.69 Å². The Morgan fingerprint density at radius 3 is 2.56 bits per heavy atom. The third-order valence-corrected chi connectivity index (χ3v) is 2.94. The molecular formula is C15H19FN2. The van der Waals surface area contributed by atoms with Gasteiger partial charge in [0.2, 0.25) is 0 Å². The van der Waals surface area contributed by atoms with Gasteiger partial charge in [-0.15, -0.1) is 0 Å². The van der Waals surface area contributed by atoms with E-state index in [1.165, 1.54) is 6.07 Å². The molecule has 2 rings (SSSR count). The highest BCUT2D eigenvalue weighted by Gasteiger charge is 2.11. The van der Waals surface area contributed by atoms with Crippen LogP contribution in [0, 0.1) is 25.6 Å². The van der Waals surface area contributed by atoms with Crippen LogP contribution in [-0.2, 0) is 6.54 Å². The zero-order valence-electron chi connectivity index (χ0n) is 11.4. The second kappa shape index (κ2) is 4.92. The molecule has 2 aromatic rings. The van der Waals surface area contributed by atoms with Gasteiger partial charge in [0.25, 0.3) is 0 Å². The SMILES string of the molecule is Cc1cc(F)ccc1-c1nn(CC(C)C)cc1C. The Hall–Kier alpha value is -1.64. The summed E-state index contributed by atoms with van der Waals surface area (Å²) < 4.78 is 15.1. The standard InChI is InChI=1S/C15H19FN2/c1-10(2)8-18-9-12(4)15(17-18)14-6-5-13(16)7-11(14)3/h5-7,9-10H,8H2,1-4H3. The molecule has 0 fully saturated rings. The fourth-order valence-electron chi connectivity index (χ4n) is 2.15. The second-order valence-electron chi connectivity index (χ2n) is 5.24. The highest BCUT2D eigenvalue weighted by molar-refractivity contribution is 5.66. The summed E-state index contributed by atoms with van der Waals surface area (Å²) in [6.45, 7) is 9.20. The first-order valence-electron chi connectivity index (χ1n) is 6.28. The summed E-state index contributed by atoms with van der Waals surface area (Å²) in [6, 6.07) is 4.85. The lowest BCUT2D eigenvalue weighted by Crippen LogP contribution is -2.04. The quantitative estimate of drug-likeness (QED) is 0.801. The molecule has 18 heavy (non-hydrogen) atoms. The Kier molecular flexibility index (Phi) is 3.50. The molecule has 96 valence electrons. The number of aryl methyl sites for hydroxylation is 2. The van der Waals surface area contributed by atoms with Crippen molar-refractivity contribution in [2.45, 2.75) is 34.2 Å². The Labute approximate surface area is 107 Å². The Morgan fingerprint density at radius 2 is 1.94 bits per heavy atom. The summed E-state index contributed by atoms with van der Waals surface area (Å²) in [7, 11) is 0. The molecule has 0 saturated heterocycles. The minimum absolute atomic E-state index is 0.199. The van der Waals surface area contributed by atoms with E-state index in [1.807, 2.05) is 18.5 Å². The van der Waals surface area contributed by atoms with E-state index in [9.17, 15) is 4.39 Å². The van der Waals surface area contributed by atoms with Crippen molar-refractivity contribution in [3.8, 4) is 11.3 Å². The number of benzene rings is 1. The van der Waals surface area contributed by atoms with Crippen molar-refractivity contribution < 1.29 is 4.39 Å². The maximum absolute atomic E-state index is 13.1. The minimum Gasteiger partial charge on any atom is -0.272 e. The van der Waals surface area contributed by atoms with Crippen molar-refractivity contribution >= 4 is 0 Å². The predicted octanol–water partition coefficient (Wildman–Crippen LogP) is 3.96. The van der Waals surface area contributed by atoms with E-state index in [0.717, 1.165) is 28.9 Å². The van der Waals surface area contributed by atoms with Crippen LogP contribution in [0.3, 0.4) is 0 Å². The van der Waals surface area contributed by atoms with Gasteiger partial charge in [-0.1, -0.05) is 13.8 Å². The topological polar surface area (TPSA) is 17.8 Å². The lowest BCUT2D eigenvalue weighted by atomic mass is 10.0. The van der Waals surface area contributed by atoms with Gasteiger partial charge in [0.15, 0.2) is 0 Å². The van der Waals surface area contributed by atoms with Gasteiger partial charge in [-0.3, -0.25) is 4.68 Å². The van der Waals surface area contributed by atoms with E-state index in [0.29, 0.717) is 5.92 Å². The number of halogens is 1. The molecule has 0 radical (unpaired) electrons. The van der Waals surface area contributed by atoms with Gasteiger partial charge in [0, 0.05) is 18.3 Å².